The molecule has 0 aliphatic rings. The summed E-state index contributed by atoms with van der Waals surface area (Å²) in [6.07, 6.45) is 1.21. The standard InChI is InChI=1S/C12H15BrClNO/c1-9(15-12(16)3-2-8-14)10-4-6-11(13)7-5-10/h4-7,9H,2-3,8H2,1H3,(H,15,16)/t9-/m1/s1. The van der Waals surface area contributed by atoms with Gasteiger partial charge in [0.15, 0.2) is 0 Å². The van der Waals surface area contributed by atoms with E-state index in [0.717, 1.165) is 16.5 Å². The van der Waals surface area contributed by atoms with Crippen molar-refractivity contribution >= 4 is 33.4 Å². The van der Waals surface area contributed by atoms with E-state index in [9.17, 15) is 4.79 Å². The lowest BCUT2D eigenvalue weighted by Crippen LogP contribution is -2.26. The van der Waals surface area contributed by atoms with Gasteiger partial charge >= 0.3 is 0 Å². The highest BCUT2D eigenvalue weighted by Gasteiger charge is 2.08. The van der Waals surface area contributed by atoms with E-state index in [2.05, 4.69) is 21.2 Å². The molecule has 0 heterocycles. The maximum atomic E-state index is 11.5. The molecule has 1 N–H and O–H groups in total. The number of hydrogen-bond donors (Lipinski definition) is 1. The molecule has 1 rings (SSSR count). The fourth-order valence-electron chi connectivity index (χ4n) is 1.38. The van der Waals surface area contributed by atoms with Crippen LogP contribution in [0.3, 0.4) is 0 Å². The van der Waals surface area contributed by atoms with Gasteiger partial charge in [-0.25, -0.2) is 0 Å². The monoisotopic (exact) mass is 303 g/mol. The van der Waals surface area contributed by atoms with Crippen LogP contribution in [0.4, 0.5) is 0 Å². The van der Waals surface area contributed by atoms with Crippen LogP contribution in [0.1, 0.15) is 31.4 Å². The van der Waals surface area contributed by atoms with Crippen molar-refractivity contribution in [3.63, 3.8) is 0 Å². The number of amides is 1. The normalized spacial score (nSPS) is 12.2. The highest BCUT2D eigenvalue weighted by molar-refractivity contribution is 9.10. The topological polar surface area (TPSA) is 29.1 Å². The fourth-order valence-corrected chi connectivity index (χ4v) is 1.77. The largest absolute Gasteiger partial charge is 0.350 e. The summed E-state index contributed by atoms with van der Waals surface area (Å²) in [7, 11) is 0. The van der Waals surface area contributed by atoms with Crippen LogP contribution in [0, 0.1) is 0 Å². The molecule has 0 spiro atoms. The van der Waals surface area contributed by atoms with Crippen LogP contribution in [0.5, 0.6) is 0 Å². The Balaban J connectivity index is 2.48. The van der Waals surface area contributed by atoms with E-state index in [0.29, 0.717) is 12.3 Å². The molecule has 88 valence electrons. The summed E-state index contributed by atoms with van der Waals surface area (Å²) in [6, 6.07) is 7.97. The third-order valence-corrected chi connectivity index (χ3v) is 3.08. The van der Waals surface area contributed by atoms with Gasteiger partial charge in [0.05, 0.1) is 6.04 Å². The molecular weight excluding hydrogens is 289 g/mol. The van der Waals surface area contributed by atoms with E-state index in [4.69, 9.17) is 11.6 Å². The van der Waals surface area contributed by atoms with Gasteiger partial charge < -0.3 is 5.32 Å². The zero-order chi connectivity index (χ0) is 12.0. The van der Waals surface area contributed by atoms with Crippen LogP contribution < -0.4 is 5.32 Å². The number of hydrogen-bond acceptors (Lipinski definition) is 1. The molecular formula is C12H15BrClNO. The van der Waals surface area contributed by atoms with E-state index in [1.54, 1.807) is 0 Å². The number of alkyl halides is 1. The summed E-state index contributed by atoms with van der Waals surface area (Å²) in [5, 5.41) is 2.94. The zero-order valence-corrected chi connectivity index (χ0v) is 11.5. The highest BCUT2D eigenvalue weighted by atomic mass is 79.9. The summed E-state index contributed by atoms with van der Waals surface area (Å²) in [5.41, 5.74) is 1.10. The molecule has 0 aliphatic carbocycles. The van der Waals surface area contributed by atoms with Crippen molar-refractivity contribution in [2.45, 2.75) is 25.8 Å². The van der Waals surface area contributed by atoms with Crippen LogP contribution in [0.15, 0.2) is 28.7 Å². The molecule has 0 radical (unpaired) electrons. The summed E-state index contributed by atoms with van der Waals surface area (Å²) in [4.78, 5) is 11.5. The van der Waals surface area contributed by atoms with Crippen LogP contribution in [-0.4, -0.2) is 11.8 Å². The van der Waals surface area contributed by atoms with E-state index in [-0.39, 0.29) is 11.9 Å². The molecule has 0 saturated carbocycles. The van der Waals surface area contributed by atoms with E-state index >= 15 is 0 Å². The lowest BCUT2D eigenvalue weighted by molar-refractivity contribution is -0.121. The van der Waals surface area contributed by atoms with Gasteiger partial charge in [-0.3, -0.25) is 4.79 Å². The minimum absolute atomic E-state index is 0.0379. The van der Waals surface area contributed by atoms with Gasteiger partial charge in [0.1, 0.15) is 0 Å². The second-order valence-corrected chi connectivity index (χ2v) is 4.93. The second-order valence-electron chi connectivity index (χ2n) is 3.63. The fraction of sp³-hybridized carbons (Fsp3) is 0.417. The first-order chi connectivity index (χ1) is 7.63. The average Bonchev–Trinajstić information content (AvgIpc) is 2.27. The lowest BCUT2D eigenvalue weighted by atomic mass is 10.1. The summed E-state index contributed by atoms with van der Waals surface area (Å²) in [6.45, 7) is 1.97. The third-order valence-electron chi connectivity index (χ3n) is 2.28. The van der Waals surface area contributed by atoms with Gasteiger partial charge in [0, 0.05) is 16.8 Å². The Labute approximate surface area is 110 Å². The number of nitrogens with one attached hydrogen (secondary N) is 1. The maximum Gasteiger partial charge on any atom is 0.220 e. The van der Waals surface area contributed by atoms with Crippen LogP contribution >= 0.6 is 27.5 Å². The molecule has 2 nitrogen and oxygen atoms in total. The highest BCUT2D eigenvalue weighted by Crippen LogP contribution is 2.16. The Kier molecular flexibility index (Phi) is 5.85. The van der Waals surface area contributed by atoms with Crippen molar-refractivity contribution in [2.24, 2.45) is 0 Å². The SMILES string of the molecule is C[C@@H](NC(=O)CCCCl)c1ccc(Br)cc1. The maximum absolute atomic E-state index is 11.5. The number of halogens is 2. The minimum Gasteiger partial charge on any atom is -0.350 e. The second kappa shape index (κ2) is 6.92. The van der Waals surface area contributed by atoms with Crippen molar-refractivity contribution in [1.82, 2.24) is 5.32 Å². The summed E-state index contributed by atoms with van der Waals surface area (Å²) in [5.74, 6) is 0.580. The van der Waals surface area contributed by atoms with Gasteiger partial charge in [-0.05, 0) is 31.0 Å². The first-order valence-corrected chi connectivity index (χ1v) is 6.57. The van der Waals surface area contributed by atoms with Gasteiger partial charge in [0.2, 0.25) is 5.91 Å². The molecule has 0 unspecified atom stereocenters. The van der Waals surface area contributed by atoms with Crippen molar-refractivity contribution in [3.8, 4) is 0 Å². The molecule has 1 atom stereocenters. The average molecular weight is 305 g/mol. The zero-order valence-electron chi connectivity index (χ0n) is 9.17. The van der Waals surface area contributed by atoms with Crippen molar-refractivity contribution in [3.05, 3.63) is 34.3 Å². The molecule has 0 aliphatic heterocycles. The minimum atomic E-state index is 0.0379. The first-order valence-electron chi connectivity index (χ1n) is 5.24. The molecule has 1 aromatic carbocycles. The Bertz CT molecular complexity index is 339. The van der Waals surface area contributed by atoms with Gasteiger partial charge in [0.25, 0.3) is 0 Å². The number of carbonyl (C=O) groups excluding carboxylic acids is 1. The predicted octanol–water partition coefficient (Wildman–Crippen LogP) is 3.65. The Hall–Kier alpha value is -0.540. The summed E-state index contributed by atoms with van der Waals surface area (Å²) < 4.78 is 1.04. The lowest BCUT2D eigenvalue weighted by Gasteiger charge is -2.14. The molecule has 0 bridgehead atoms. The van der Waals surface area contributed by atoms with Gasteiger partial charge in [-0.1, -0.05) is 28.1 Å². The van der Waals surface area contributed by atoms with Gasteiger partial charge in [-0.15, -0.1) is 11.6 Å². The predicted molar refractivity (Wildman–Crippen MR) is 70.7 cm³/mol. The van der Waals surface area contributed by atoms with Crippen molar-refractivity contribution in [2.75, 3.05) is 5.88 Å². The number of benzene rings is 1. The van der Waals surface area contributed by atoms with E-state index in [1.807, 2.05) is 31.2 Å². The Morgan fingerprint density at radius 2 is 2.06 bits per heavy atom. The van der Waals surface area contributed by atoms with Crippen LogP contribution in [-0.2, 0) is 4.79 Å². The molecule has 16 heavy (non-hydrogen) atoms. The quantitative estimate of drug-likeness (QED) is 0.827. The van der Waals surface area contributed by atoms with E-state index in [1.165, 1.54) is 0 Å². The number of carbonyl (C=O) groups is 1. The molecule has 4 heteroatoms. The molecule has 1 aromatic rings. The first kappa shape index (κ1) is 13.5. The molecule has 0 saturated heterocycles. The van der Waals surface area contributed by atoms with E-state index < -0.39 is 0 Å². The molecule has 1 amide bonds. The van der Waals surface area contributed by atoms with Crippen LogP contribution in [0.2, 0.25) is 0 Å². The summed E-state index contributed by atoms with van der Waals surface area (Å²) >= 11 is 8.91. The smallest absolute Gasteiger partial charge is 0.220 e. The van der Waals surface area contributed by atoms with Crippen molar-refractivity contribution < 1.29 is 4.79 Å². The molecule has 0 aromatic heterocycles. The number of rotatable bonds is 5. The van der Waals surface area contributed by atoms with Crippen molar-refractivity contribution in [1.29, 1.82) is 0 Å². The van der Waals surface area contributed by atoms with Gasteiger partial charge in [-0.2, -0.15) is 0 Å². The third kappa shape index (κ3) is 4.54. The Morgan fingerprint density at radius 3 is 2.62 bits per heavy atom. The Morgan fingerprint density at radius 1 is 1.44 bits per heavy atom. The molecule has 0 fully saturated rings. The van der Waals surface area contributed by atoms with Crippen LogP contribution in [0.25, 0.3) is 0 Å².